The van der Waals surface area contributed by atoms with E-state index in [4.69, 9.17) is 20.6 Å². The van der Waals surface area contributed by atoms with E-state index in [0.717, 1.165) is 47.9 Å². The summed E-state index contributed by atoms with van der Waals surface area (Å²) in [6.07, 6.45) is 11.2. The van der Waals surface area contributed by atoms with Crippen LogP contribution in [0, 0.1) is 12.3 Å². The molecule has 1 aliphatic rings. The van der Waals surface area contributed by atoms with E-state index in [9.17, 15) is 5.11 Å². The molecule has 0 aliphatic carbocycles. The first-order chi connectivity index (χ1) is 19.0. The molecule has 208 valence electrons. The molecule has 0 saturated carbocycles. The molecule has 39 heavy (non-hydrogen) atoms. The number of aliphatic hydroxyl groups excluding tert-OH is 1. The molecular weight excluding hydrogens is 496 g/mol. The zero-order valence-corrected chi connectivity index (χ0v) is 23.4. The second kappa shape index (κ2) is 12.8. The summed E-state index contributed by atoms with van der Waals surface area (Å²) >= 11 is 0. The molecule has 3 aromatic heterocycles. The smallest absolute Gasteiger partial charge is 0.219 e. The predicted molar refractivity (Wildman–Crippen MR) is 149 cm³/mol. The first-order valence-corrected chi connectivity index (χ1v) is 13.5. The Morgan fingerprint density at radius 2 is 2.00 bits per heavy atom. The van der Waals surface area contributed by atoms with Crippen LogP contribution in [0.25, 0.3) is 22.0 Å². The minimum absolute atomic E-state index is 0.0915. The molecule has 1 aliphatic heterocycles. The van der Waals surface area contributed by atoms with Crippen LogP contribution in [-0.4, -0.2) is 53.8 Å². The number of aryl methyl sites for hydroxylation is 2. The van der Waals surface area contributed by atoms with Crippen LogP contribution < -0.4 is 9.47 Å². The van der Waals surface area contributed by atoms with Gasteiger partial charge in [0.2, 0.25) is 11.8 Å². The van der Waals surface area contributed by atoms with Crippen molar-refractivity contribution < 1.29 is 19.3 Å². The van der Waals surface area contributed by atoms with Gasteiger partial charge >= 0.3 is 0 Å². The van der Waals surface area contributed by atoms with E-state index in [2.05, 4.69) is 27.3 Å². The topological polar surface area (TPSA) is 101 Å². The van der Waals surface area contributed by atoms with E-state index in [1.54, 1.807) is 28.7 Å². The second-order valence-corrected chi connectivity index (χ2v) is 9.30. The number of aliphatic hydroxyl groups is 1. The Morgan fingerprint density at radius 1 is 1.18 bits per heavy atom. The maximum atomic E-state index is 9.25. The maximum absolute atomic E-state index is 9.25. The standard InChI is InChI=1S/C27H32N6O4.C2H6/c1-5-23-21-14-19(9-10-24(21)33(30-23)25-8-6-7-12-35-25)22-16-28-32(4)27(22)37-18(2)11-13-36-26-15-20(17-34)29-31(26)3;1-2/h1,9-10,14-16,18,25,34H,6-8,11-13,17H2,2-4H3;1-2H3. The molecule has 1 aromatic carbocycles. The van der Waals surface area contributed by atoms with Gasteiger partial charge in [-0.3, -0.25) is 0 Å². The molecule has 5 rings (SSSR count). The molecule has 4 heterocycles. The molecular formula is C29H38N6O4. The Bertz CT molecular complexity index is 1420. The van der Waals surface area contributed by atoms with Crippen LogP contribution in [0.15, 0.2) is 30.5 Å². The average Bonchev–Trinajstić information content (AvgIpc) is 3.64. The van der Waals surface area contributed by atoms with E-state index in [0.29, 0.717) is 36.2 Å². The Kier molecular flexibility index (Phi) is 9.28. The molecule has 2 unspecified atom stereocenters. The number of fused-ring (bicyclic) bond motifs is 1. The predicted octanol–water partition coefficient (Wildman–Crippen LogP) is 4.61. The van der Waals surface area contributed by atoms with Crippen molar-refractivity contribution >= 4 is 10.9 Å². The van der Waals surface area contributed by atoms with Crippen molar-refractivity contribution in [3.05, 3.63) is 41.9 Å². The number of benzene rings is 1. The monoisotopic (exact) mass is 534 g/mol. The molecule has 0 amide bonds. The van der Waals surface area contributed by atoms with Gasteiger partial charge in [-0.15, -0.1) is 6.42 Å². The molecule has 1 fully saturated rings. The summed E-state index contributed by atoms with van der Waals surface area (Å²) in [7, 11) is 3.64. The summed E-state index contributed by atoms with van der Waals surface area (Å²) in [6.45, 7) is 7.06. The van der Waals surface area contributed by atoms with E-state index in [-0.39, 0.29) is 18.9 Å². The maximum Gasteiger partial charge on any atom is 0.219 e. The highest BCUT2D eigenvalue weighted by atomic mass is 16.5. The minimum atomic E-state index is -0.129. The fourth-order valence-corrected chi connectivity index (χ4v) is 4.61. The first-order valence-electron chi connectivity index (χ1n) is 13.5. The van der Waals surface area contributed by atoms with Crippen LogP contribution in [0.3, 0.4) is 0 Å². The molecule has 1 saturated heterocycles. The average molecular weight is 535 g/mol. The third-order valence-corrected chi connectivity index (χ3v) is 6.60. The van der Waals surface area contributed by atoms with Crippen LogP contribution in [0.2, 0.25) is 0 Å². The fourth-order valence-electron chi connectivity index (χ4n) is 4.61. The number of nitrogens with zero attached hydrogens (tertiary/aromatic N) is 6. The van der Waals surface area contributed by atoms with Crippen molar-refractivity contribution in [1.29, 1.82) is 0 Å². The lowest BCUT2D eigenvalue weighted by atomic mass is 10.1. The lowest BCUT2D eigenvalue weighted by Gasteiger charge is -2.23. The molecule has 4 aromatic rings. The Hall–Kier alpha value is -3.81. The summed E-state index contributed by atoms with van der Waals surface area (Å²) in [5.74, 6) is 4.01. The van der Waals surface area contributed by atoms with E-state index < -0.39 is 0 Å². The number of terminal acetylenes is 1. The van der Waals surface area contributed by atoms with E-state index in [1.807, 2.05) is 44.6 Å². The van der Waals surface area contributed by atoms with E-state index >= 15 is 0 Å². The van der Waals surface area contributed by atoms with Gasteiger partial charge in [-0.25, -0.2) is 14.0 Å². The zero-order valence-electron chi connectivity index (χ0n) is 23.4. The Balaban J connectivity index is 0.00000172. The SMILES string of the molecule is C#Cc1nn(C2CCCCO2)c2ccc(-c3cnn(C)c3OC(C)CCOc3cc(CO)nn3C)cc12.CC. The van der Waals surface area contributed by atoms with E-state index in [1.165, 1.54) is 0 Å². The van der Waals surface area contributed by atoms with Crippen LogP contribution in [0.4, 0.5) is 0 Å². The Morgan fingerprint density at radius 3 is 2.69 bits per heavy atom. The van der Waals surface area contributed by atoms with Crippen molar-refractivity contribution in [1.82, 2.24) is 29.3 Å². The molecule has 10 nitrogen and oxygen atoms in total. The molecule has 2 atom stereocenters. The summed E-state index contributed by atoms with van der Waals surface area (Å²) in [4.78, 5) is 0. The minimum Gasteiger partial charge on any atom is -0.478 e. The second-order valence-electron chi connectivity index (χ2n) is 9.30. The largest absolute Gasteiger partial charge is 0.478 e. The molecule has 0 radical (unpaired) electrons. The van der Waals surface area contributed by atoms with Crippen molar-refractivity contribution in [3.63, 3.8) is 0 Å². The number of hydrogen-bond donors (Lipinski definition) is 1. The lowest BCUT2D eigenvalue weighted by Crippen LogP contribution is -2.19. The fraction of sp³-hybridized carbons (Fsp3) is 0.483. The number of hydrogen-bond acceptors (Lipinski definition) is 7. The highest BCUT2D eigenvalue weighted by Gasteiger charge is 2.22. The third-order valence-electron chi connectivity index (χ3n) is 6.60. The molecule has 10 heteroatoms. The molecule has 1 N–H and O–H groups in total. The van der Waals surface area contributed by atoms with Gasteiger partial charge < -0.3 is 19.3 Å². The summed E-state index contributed by atoms with van der Waals surface area (Å²) in [5.41, 5.74) is 3.96. The Labute approximate surface area is 229 Å². The van der Waals surface area contributed by atoms with Gasteiger partial charge in [-0.2, -0.15) is 15.3 Å². The van der Waals surface area contributed by atoms with Crippen molar-refractivity contribution in [3.8, 4) is 35.2 Å². The van der Waals surface area contributed by atoms with Crippen LogP contribution in [-0.2, 0) is 25.4 Å². The zero-order chi connectivity index (χ0) is 27.9. The number of ether oxygens (including phenoxy) is 3. The first kappa shape index (κ1) is 28.2. The van der Waals surface area contributed by atoms with Crippen LogP contribution >= 0.6 is 0 Å². The lowest BCUT2D eigenvalue weighted by molar-refractivity contribution is -0.0367. The van der Waals surface area contributed by atoms with Gasteiger partial charge in [0.15, 0.2) is 6.23 Å². The quantitative estimate of drug-likeness (QED) is 0.313. The van der Waals surface area contributed by atoms with Gasteiger partial charge in [0, 0.05) is 38.6 Å². The van der Waals surface area contributed by atoms with Crippen molar-refractivity contribution in [2.45, 2.75) is 65.4 Å². The summed E-state index contributed by atoms with van der Waals surface area (Å²) < 4.78 is 23.4. The van der Waals surface area contributed by atoms with Gasteiger partial charge in [-0.1, -0.05) is 19.9 Å². The highest BCUT2D eigenvalue weighted by molar-refractivity contribution is 5.89. The van der Waals surface area contributed by atoms with Crippen LogP contribution in [0.1, 0.15) is 64.1 Å². The van der Waals surface area contributed by atoms with Gasteiger partial charge in [0.1, 0.15) is 11.8 Å². The van der Waals surface area contributed by atoms with Gasteiger partial charge in [0.05, 0.1) is 36.2 Å². The van der Waals surface area contributed by atoms with Gasteiger partial charge in [0.25, 0.3) is 0 Å². The molecule has 0 spiro atoms. The summed E-state index contributed by atoms with van der Waals surface area (Å²) in [5, 5.41) is 23.5. The van der Waals surface area contributed by atoms with Crippen molar-refractivity contribution in [2.24, 2.45) is 14.1 Å². The van der Waals surface area contributed by atoms with Crippen LogP contribution in [0.5, 0.6) is 11.8 Å². The highest BCUT2D eigenvalue weighted by Crippen LogP contribution is 2.35. The normalized spacial score (nSPS) is 15.9. The number of aromatic nitrogens is 6. The summed E-state index contributed by atoms with van der Waals surface area (Å²) in [6, 6.07) is 7.87. The third kappa shape index (κ3) is 6.10. The molecule has 0 bridgehead atoms. The number of rotatable bonds is 9. The van der Waals surface area contributed by atoms with Gasteiger partial charge in [-0.05, 0) is 49.8 Å². The van der Waals surface area contributed by atoms with Crippen molar-refractivity contribution in [2.75, 3.05) is 13.2 Å².